The molecule has 0 fully saturated rings. The highest BCUT2D eigenvalue weighted by atomic mass is 16.6. The lowest BCUT2D eigenvalue weighted by molar-refractivity contribution is -0.0173. The molecule has 0 aliphatic heterocycles. The Labute approximate surface area is 168 Å². The third-order valence-corrected chi connectivity index (χ3v) is 3.44. The molecule has 8 nitrogen and oxygen atoms in total. The molecule has 0 aliphatic rings. The smallest absolute Gasteiger partial charge is 0.119 e. The molecule has 1 aromatic rings. The van der Waals surface area contributed by atoms with E-state index in [1.807, 2.05) is 19.1 Å². The summed E-state index contributed by atoms with van der Waals surface area (Å²) >= 11 is 0. The molecule has 0 aromatic heterocycles. The van der Waals surface area contributed by atoms with Crippen LogP contribution in [0.15, 0.2) is 24.3 Å². The summed E-state index contributed by atoms with van der Waals surface area (Å²) in [7, 11) is 0. The van der Waals surface area contributed by atoms with Crippen molar-refractivity contribution in [3.05, 3.63) is 24.3 Å². The van der Waals surface area contributed by atoms with E-state index in [-0.39, 0.29) is 0 Å². The average Bonchev–Trinajstić information content (AvgIpc) is 2.71. The van der Waals surface area contributed by atoms with Gasteiger partial charge in [-0.1, -0.05) is 0 Å². The van der Waals surface area contributed by atoms with E-state index in [4.69, 9.17) is 38.9 Å². The molecule has 28 heavy (non-hydrogen) atoms. The lowest BCUT2D eigenvalue weighted by Crippen LogP contribution is -2.14. The third kappa shape index (κ3) is 15.6. The lowest BCUT2D eigenvalue weighted by atomic mass is 10.3. The molecule has 0 amide bonds. The maximum atomic E-state index is 5.61. The normalized spacial score (nSPS) is 11.0. The highest BCUT2D eigenvalue weighted by molar-refractivity contribution is 5.41. The van der Waals surface area contributed by atoms with Gasteiger partial charge in [-0.3, -0.25) is 0 Å². The molecule has 0 heterocycles. The Morgan fingerprint density at radius 3 is 1.29 bits per heavy atom. The van der Waals surface area contributed by atoms with Crippen LogP contribution in [-0.2, 0) is 28.4 Å². The largest absolute Gasteiger partial charge is 0.491 e. The molecular weight excluding hydrogens is 366 g/mol. The Morgan fingerprint density at radius 2 is 0.893 bits per heavy atom. The van der Waals surface area contributed by atoms with Crippen molar-refractivity contribution in [1.29, 1.82) is 0 Å². The molecule has 162 valence electrons. The summed E-state index contributed by atoms with van der Waals surface area (Å²) in [5.41, 5.74) is 6.33. The molecule has 1 rings (SSSR count). The van der Waals surface area contributed by atoms with E-state index in [1.165, 1.54) is 0 Å². The highest BCUT2D eigenvalue weighted by Gasteiger charge is 1.95. The third-order valence-electron chi connectivity index (χ3n) is 3.44. The van der Waals surface area contributed by atoms with E-state index in [2.05, 4.69) is 0 Å². The number of rotatable bonds is 20. The fourth-order valence-corrected chi connectivity index (χ4v) is 2.03. The molecule has 0 saturated heterocycles. The molecule has 0 saturated carbocycles. The monoisotopic (exact) mass is 401 g/mol. The zero-order chi connectivity index (χ0) is 20.1. The van der Waals surface area contributed by atoms with Gasteiger partial charge in [-0.15, -0.1) is 0 Å². The van der Waals surface area contributed by atoms with Gasteiger partial charge in [0.15, 0.2) is 0 Å². The maximum Gasteiger partial charge on any atom is 0.119 e. The van der Waals surface area contributed by atoms with Crippen molar-refractivity contribution in [1.82, 2.24) is 0 Å². The van der Waals surface area contributed by atoms with Gasteiger partial charge in [0, 0.05) is 12.3 Å². The van der Waals surface area contributed by atoms with Crippen LogP contribution in [0.4, 0.5) is 5.69 Å². The van der Waals surface area contributed by atoms with Crippen molar-refractivity contribution in [3.8, 4) is 5.75 Å². The first kappa shape index (κ1) is 24.6. The Kier molecular flexibility index (Phi) is 16.6. The molecule has 0 bridgehead atoms. The first-order valence-electron chi connectivity index (χ1n) is 9.77. The average molecular weight is 402 g/mol. The van der Waals surface area contributed by atoms with Gasteiger partial charge in [0.25, 0.3) is 0 Å². The summed E-state index contributed by atoms with van der Waals surface area (Å²) < 4.78 is 37.7. The second-order valence-electron chi connectivity index (χ2n) is 5.68. The molecule has 8 heteroatoms. The van der Waals surface area contributed by atoms with Crippen molar-refractivity contribution in [2.45, 2.75) is 6.92 Å². The van der Waals surface area contributed by atoms with Crippen molar-refractivity contribution in [2.75, 3.05) is 91.6 Å². The number of anilines is 1. The number of benzene rings is 1. The number of nitrogen functional groups attached to an aromatic ring is 1. The van der Waals surface area contributed by atoms with Gasteiger partial charge >= 0.3 is 0 Å². The Bertz CT molecular complexity index is 445. The zero-order valence-electron chi connectivity index (χ0n) is 16.9. The number of hydrogen-bond acceptors (Lipinski definition) is 8. The van der Waals surface area contributed by atoms with Crippen LogP contribution in [0.3, 0.4) is 0 Å². The maximum absolute atomic E-state index is 5.61. The number of hydrogen-bond donors (Lipinski definition) is 1. The SMILES string of the molecule is CCOCCOCCOCCOCCOCCOCCOc1ccc(N)cc1. The summed E-state index contributed by atoms with van der Waals surface area (Å²) in [6.45, 7) is 9.25. The first-order chi connectivity index (χ1) is 13.8. The van der Waals surface area contributed by atoms with Crippen LogP contribution in [-0.4, -0.2) is 85.9 Å². The van der Waals surface area contributed by atoms with Crippen LogP contribution in [0.2, 0.25) is 0 Å². The van der Waals surface area contributed by atoms with Gasteiger partial charge < -0.3 is 38.9 Å². The van der Waals surface area contributed by atoms with E-state index in [9.17, 15) is 0 Å². The molecule has 0 atom stereocenters. The quantitative estimate of drug-likeness (QED) is 0.261. The predicted octanol–water partition coefficient (Wildman–Crippen LogP) is 1.77. The Balaban J connectivity index is 1.70. The zero-order valence-corrected chi connectivity index (χ0v) is 16.9. The number of nitrogens with two attached hydrogens (primary N) is 1. The van der Waals surface area contributed by atoms with Crippen LogP contribution in [0.5, 0.6) is 5.75 Å². The summed E-state index contributed by atoms with van der Waals surface area (Å²) in [6.07, 6.45) is 0. The first-order valence-corrected chi connectivity index (χ1v) is 9.77. The van der Waals surface area contributed by atoms with Crippen LogP contribution in [0, 0.1) is 0 Å². The molecule has 0 spiro atoms. The lowest BCUT2D eigenvalue weighted by Gasteiger charge is -2.09. The molecular formula is C20H35NO7. The summed E-state index contributed by atoms with van der Waals surface area (Å²) in [5.74, 6) is 0.782. The van der Waals surface area contributed by atoms with E-state index in [1.54, 1.807) is 12.1 Å². The second-order valence-corrected chi connectivity index (χ2v) is 5.68. The van der Waals surface area contributed by atoms with Crippen LogP contribution < -0.4 is 10.5 Å². The van der Waals surface area contributed by atoms with Crippen LogP contribution >= 0.6 is 0 Å². The van der Waals surface area contributed by atoms with E-state index < -0.39 is 0 Å². The Hall–Kier alpha value is -1.42. The minimum absolute atomic E-state index is 0.491. The van der Waals surface area contributed by atoms with Gasteiger partial charge in [0.1, 0.15) is 12.4 Å². The van der Waals surface area contributed by atoms with Gasteiger partial charge in [-0.05, 0) is 31.2 Å². The van der Waals surface area contributed by atoms with Gasteiger partial charge in [0.05, 0.1) is 72.7 Å². The molecule has 0 unspecified atom stereocenters. The van der Waals surface area contributed by atoms with Gasteiger partial charge in [-0.2, -0.15) is 0 Å². The van der Waals surface area contributed by atoms with E-state index in [0.29, 0.717) is 85.9 Å². The summed E-state index contributed by atoms with van der Waals surface area (Å²) in [5, 5.41) is 0. The minimum atomic E-state index is 0.491. The van der Waals surface area contributed by atoms with Crippen molar-refractivity contribution < 1.29 is 33.2 Å². The standard InChI is InChI=1S/C20H35NO7/c1-2-22-7-8-23-9-10-24-11-12-25-13-14-26-15-16-27-17-18-28-20-5-3-19(21)4-6-20/h3-6H,2,7-18,21H2,1H3. The number of ether oxygens (including phenoxy) is 7. The fourth-order valence-electron chi connectivity index (χ4n) is 2.03. The topological polar surface area (TPSA) is 90.6 Å². The Morgan fingerprint density at radius 1 is 0.536 bits per heavy atom. The van der Waals surface area contributed by atoms with Crippen LogP contribution in [0.1, 0.15) is 6.92 Å². The molecule has 0 aliphatic carbocycles. The molecule has 0 radical (unpaired) electrons. The van der Waals surface area contributed by atoms with Crippen molar-refractivity contribution in [3.63, 3.8) is 0 Å². The summed E-state index contributed by atoms with van der Waals surface area (Å²) in [6, 6.07) is 7.28. The molecule has 2 N–H and O–H groups in total. The predicted molar refractivity (Wildman–Crippen MR) is 107 cm³/mol. The van der Waals surface area contributed by atoms with Gasteiger partial charge in [-0.25, -0.2) is 0 Å². The van der Waals surface area contributed by atoms with E-state index in [0.717, 1.165) is 11.4 Å². The fraction of sp³-hybridized carbons (Fsp3) is 0.700. The van der Waals surface area contributed by atoms with Gasteiger partial charge in [0.2, 0.25) is 0 Å². The summed E-state index contributed by atoms with van der Waals surface area (Å²) in [4.78, 5) is 0. The van der Waals surface area contributed by atoms with Crippen molar-refractivity contribution >= 4 is 5.69 Å². The highest BCUT2D eigenvalue weighted by Crippen LogP contribution is 2.12. The van der Waals surface area contributed by atoms with Crippen LogP contribution in [0.25, 0.3) is 0 Å². The second kappa shape index (κ2) is 18.9. The molecule has 1 aromatic carbocycles. The van der Waals surface area contributed by atoms with E-state index >= 15 is 0 Å². The van der Waals surface area contributed by atoms with Crippen molar-refractivity contribution in [2.24, 2.45) is 0 Å². The minimum Gasteiger partial charge on any atom is -0.491 e.